The molecule has 0 aliphatic rings. The Morgan fingerprint density at radius 3 is 3.00 bits per heavy atom. The van der Waals surface area contributed by atoms with Crippen LogP contribution in [-0.2, 0) is 0 Å². The molecule has 1 aromatic rings. The van der Waals surface area contributed by atoms with E-state index < -0.39 is 0 Å². The van der Waals surface area contributed by atoms with Crippen molar-refractivity contribution < 1.29 is 0 Å². The Hall–Kier alpha value is 0.160. The van der Waals surface area contributed by atoms with Crippen molar-refractivity contribution in [2.75, 3.05) is 11.9 Å². The van der Waals surface area contributed by atoms with Crippen LogP contribution >= 0.6 is 38.5 Å². The van der Waals surface area contributed by atoms with Crippen LogP contribution in [0.5, 0.6) is 0 Å². The molecule has 0 amide bonds. The summed E-state index contributed by atoms with van der Waals surface area (Å²) in [6.45, 7) is 2.94. The van der Waals surface area contributed by atoms with Crippen LogP contribution in [0, 0.1) is 3.57 Å². The molecule has 1 aromatic heterocycles. The first-order valence-corrected chi connectivity index (χ1v) is 5.16. The molecule has 11 heavy (non-hydrogen) atoms. The van der Waals surface area contributed by atoms with Gasteiger partial charge in [0.15, 0.2) is 0 Å². The smallest absolute Gasteiger partial charge is 0.140 e. The minimum atomic E-state index is 0.895. The Morgan fingerprint density at radius 1 is 1.73 bits per heavy atom. The van der Waals surface area contributed by atoms with Gasteiger partial charge < -0.3 is 5.32 Å². The molecule has 0 aliphatic carbocycles. The molecular weight excluding hydrogens is 319 g/mol. The molecule has 0 unspecified atom stereocenters. The number of nitrogens with one attached hydrogen (secondary N) is 1. The summed E-state index contributed by atoms with van der Waals surface area (Å²) >= 11 is 5.65. The molecule has 2 nitrogen and oxygen atoms in total. The highest BCUT2D eigenvalue weighted by molar-refractivity contribution is 14.1. The molecule has 0 aromatic carbocycles. The molecular formula is C7H8BrIN2. The summed E-state index contributed by atoms with van der Waals surface area (Å²) in [7, 11) is 0. The molecule has 1 rings (SSSR count). The van der Waals surface area contributed by atoms with Gasteiger partial charge >= 0.3 is 0 Å². The highest BCUT2D eigenvalue weighted by atomic mass is 127. The molecule has 0 saturated heterocycles. The van der Waals surface area contributed by atoms with Crippen molar-refractivity contribution in [1.29, 1.82) is 0 Å². The summed E-state index contributed by atoms with van der Waals surface area (Å²) in [6, 6.07) is 2.03. The molecule has 4 heteroatoms. The van der Waals surface area contributed by atoms with Crippen molar-refractivity contribution in [3.63, 3.8) is 0 Å². The Bertz CT molecular complexity index is 252. The first-order valence-electron chi connectivity index (χ1n) is 3.29. The van der Waals surface area contributed by atoms with Crippen LogP contribution in [0.4, 0.5) is 5.82 Å². The SMILES string of the molecule is CCNc1ncc(I)cc1Br. The number of aromatic nitrogens is 1. The summed E-state index contributed by atoms with van der Waals surface area (Å²) in [5.74, 6) is 0.910. The van der Waals surface area contributed by atoms with Gasteiger partial charge in [0.2, 0.25) is 0 Å². The maximum atomic E-state index is 4.20. The van der Waals surface area contributed by atoms with E-state index in [2.05, 4.69) is 48.8 Å². The average molecular weight is 327 g/mol. The van der Waals surface area contributed by atoms with Gasteiger partial charge in [-0.25, -0.2) is 4.98 Å². The van der Waals surface area contributed by atoms with Gasteiger partial charge in [-0.1, -0.05) is 0 Å². The predicted molar refractivity (Wildman–Crippen MR) is 58.8 cm³/mol. The fourth-order valence-corrected chi connectivity index (χ4v) is 2.08. The van der Waals surface area contributed by atoms with Gasteiger partial charge in [0.1, 0.15) is 5.82 Å². The topological polar surface area (TPSA) is 24.9 Å². The van der Waals surface area contributed by atoms with Crippen molar-refractivity contribution in [3.8, 4) is 0 Å². The number of anilines is 1. The second kappa shape index (κ2) is 4.25. The molecule has 0 atom stereocenters. The fraction of sp³-hybridized carbons (Fsp3) is 0.286. The third kappa shape index (κ3) is 2.59. The summed E-state index contributed by atoms with van der Waals surface area (Å²) < 4.78 is 2.15. The van der Waals surface area contributed by atoms with Crippen LogP contribution in [0.3, 0.4) is 0 Å². The van der Waals surface area contributed by atoms with Gasteiger partial charge in [0.25, 0.3) is 0 Å². The number of hydrogen-bond donors (Lipinski definition) is 1. The molecule has 0 fully saturated rings. The highest BCUT2D eigenvalue weighted by Gasteiger charge is 1.98. The third-order valence-electron chi connectivity index (χ3n) is 1.15. The zero-order valence-corrected chi connectivity index (χ0v) is 9.81. The minimum absolute atomic E-state index is 0.895. The maximum Gasteiger partial charge on any atom is 0.140 e. The van der Waals surface area contributed by atoms with Gasteiger partial charge in [-0.3, -0.25) is 0 Å². The van der Waals surface area contributed by atoms with Crippen molar-refractivity contribution >= 4 is 44.3 Å². The summed E-state index contributed by atoms with van der Waals surface area (Å²) in [6.07, 6.45) is 1.84. The monoisotopic (exact) mass is 326 g/mol. The van der Waals surface area contributed by atoms with Gasteiger partial charge in [-0.2, -0.15) is 0 Å². The molecule has 0 bridgehead atoms. The Morgan fingerprint density at radius 2 is 2.45 bits per heavy atom. The summed E-state index contributed by atoms with van der Waals surface area (Å²) in [4.78, 5) is 4.20. The molecule has 0 spiro atoms. The largest absolute Gasteiger partial charge is 0.369 e. The quantitative estimate of drug-likeness (QED) is 0.845. The Balaban J connectivity index is 2.90. The lowest BCUT2D eigenvalue weighted by molar-refractivity contribution is 1.15. The van der Waals surface area contributed by atoms with E-state index in [1.165, 1.54) is 0 Å². The van der Waals surface area contributed by atoms with Crippen molar-refractivity contribution in [3.05, 3.63) is 20.3 Å². The van der Waals surface area contributed by atoms with Crippen molar-refractivity contribution in [2.24, 2.45) is 0 Å². The minimum Gasteiger partial charge on any atom is -0.369 e. The normalized spacial score (nSPS) is 9.73. The van der Waals surface area contributed by atoms with Crippen LogP contribution in [0.25, 0.3) is 0 Å². The van der Waals surface area contributed by atoms with Crippen LogP contribution in [0.2, 0.25) is 0 Å². The van der Waals surface area contributed by atoms with Gasteiger partial charge in [0.05, 0.1) is 4.47 Å². The lowest BCUT2D eigenvalue weighted by Crippen LogP contribution is -1.99. The number of hydrogen-bond acceptors (Lipinski definition) is 2. The van der Waals surface area contributed by atoms with E-state index in [1.54, 1.807) is 0 Å². The molecule has 0 radical (unpaired) electrons. The second-order valence-electron chi connectivity index (χ2n) is 2.01. The Labute approximate surface area is 88.1 Å². The molecule has 0 aliphatic heterocycles. The maximum absolute atomic E-state index is 4.20. The lowest BCUT2D eigenvalue weighted by atomic mass is 10.4. The van der Waals surface area contributed by atoms with Crippen LogP contribution < -0.4 is 5.32 Å². The molecule has 1 N–H and O–H groups in total. The van der Waals surface area contributed by atoms with E-state index >= 15 is 0 Å². The molecule has 60 valence electrons. The zero-order valence-electron chi connectivity index (χ0n) is 6.06. The van der Waals surface area contributed by atoms with E-state index in [0.29, 0.717) is 0 Å². The van der Waals surface area contributed by atoms with Gasteiger partial charge in [-0.15, -0.1) is 0 Å². The lowest BCUT2D eigenvalue weighted by Gasteiger charge is -2.03. The first-order chi connectivity index (χ1) is 5.24. The Kier molecular flexibility index (Phi) is 3.58. The van der Waals surface area contributed by atoms with Crippen molar-refractivity contribution in [1.82, 2.24) is 4.98 Å². The van der Waals surface area contributed by atoms with Crippen LogP contribution in [-0.4, -0.2) is 11.5 Å². The van der Waals surface area contributed by atoms with E-state index in [9.17, 15) is 0 Å². The predicted octanol–water partition coefficient (Wildman–Crippen LogP) is 2.88. The summed E-state index contributed by atoms with van der Waals surface area (Å²) in [5.41, 5.74) is 0. The van der Waals surface area contributed by atoms with E-state index in [0.717, 1.165) is 20.4 Å². The van der Waals surface area contributed by atoms with Crippen molar-refractivity contribution in [2.45, 2.75) is 6.92 Å². The second-order valence-corrected chi connectivity index (χ2v) is 4.11. The number of pyridine rings is 1. The molecule has 0 saturated carbocycles. The van der Waals surface area contributed by atoms with Gasteiger partial charge in [0, 0.05) is 16.3 Å². The molecule has 1 heterocycles. The number of halogens is 2. The van der Waals surface area contributed by atoms with E-state index in [-0.39, 0.29) is 0 Å². The summed E-state index contributed by atoms with van der Waals surface area (Å²) in [5, 5.41) is 3.14. The standard InChI is InChI=1S/C7H8BrIN2/c1-2-10-7-6(8)3-5(9)4-11-7/h3-4H,2H2,1H3,(H,10,11). The van der Waals surface area contributed by atoms with E-state index in [1.807, 2.05) is 19.2 Å². The average Bonchev–Trinajstić information content (AvgIpc) is 1.95. The van der Waals surface area contributed by atoms with Gasteiger partial charge in [-0.05, 0) is 51.5 Å². The van der Waals surface area contributed by atoms with E-state index in [4.69, 9.17) is 0 Å². The number of rotatable bonds is 2. The van der Waals surface area contributed by atoms with Crippen LogP contribution in [0.1, 0.15) is 6.92 Å². The zero-order chi connectivity index (χ0) is 8.27. The third-order valence-corrected chi connectivity index (χ3v) is 2.35. The highest BCUT2D eigenvalue weighted by Crippen LogP contribution is 2.20. The fourth-order valence-electron chi connectivity index (χ4n) is 0.712. The first kappa shape index (κ1) is 9.25. The van der Waals surface area contributed by atoms with Crippen LogP contribution in [0.15, 0.2) is 16.7 Å². The number of nitrogens with zero attached hydrogens (tertiary/aromatic N) is 1.